The van der Waals surface area contributed by atoms with Gasteiger partial charge in [-0.15, -0.1) is 0 Å². The van der Waals surface area contributed by atoms with Crippen LogP contribution in [-0.2, 0) is 25.7 Å². The van der Waals surface area contributed by atoms with Crippen molar-refractivity contribution in [2.75, 3.05) is 6.61 Å². The standard InChI is InChI=1S/C19H27FN2O5S/c1-11(2)15(28)16(23)22-19(3,4)18(26)21-14(17(24)25)10-27-9-12-5-7-13(20)8-6-12/h5-8,11,14-15,28H,9-10H2,1-4H3,(H,21,26)(H,22,23)(H,24,25). The molecule has 7 nitrogen and oxygen atoms in total. The van der Waals surface area contributed by atoms with Crippen LogP contribution in [0, 0.1) is 11.7 Å². The maximum atomic E-state index is 12.9. The molecule has 1 rings (SSSR count). The van der Waals surface area contributed by atoms with Gasteiger partial charge in [-0.2, -0.15) is 12.6 Å². The minimum Gasteiger partial charge on any atom is -0.480 e. The van der Waals surface area contributed by atoms with E-state index >= 15 is 0 Å². The average molecular weight is 414 g/mol. The quantitative estimate of drug-likeness (QED) is 0.437. The van der Waals surface area contributed by atoms with Crippen molar-refractivity contribution in [3.8, 4) is 0 Å². The number of nitrogens with one attached hydrogen (secondary N) is 2. The van der Waals surface area contributed by atoms with E-state index < -0.39 is 34.6 Å². The molecule has 0 spiro atoms. The number of carboxylic acids is 1. The summed E-state index contributed by atoms with van der Waals surface area (Å²) in [7, 11) is 0. The van der Waals surface area contributed by atoms with Gasteiger partial charge in [0, 0.05) is 0 Å². The molecule has 2 unspecified atom stereocenters. The predicted molar refractivity (Wildman–Crippen MR) is 105 cm³/mol. The van der Waals surface area contributed by atoms with Crippen LogP contribution >= 0.6 is 12.6 Å². The Morgan fingerprint density at radius 2 is 1.79 bits per heavy atom. The van der Waals surface area contributed by atoms with E-state index in [1.165, 1.54) is 38.1 Å². The Kier molecular flexibility index (Phi) is 8.90. The molecule has 0 aliphatic heterocycles. The number of hydrogen-bond acceptors (Lipinski definition) is 5. The largest absolute Gasteiger partial charge is 0.480 e. The van der Waals surface area contributed by atoms with Crippen LogP contribution in [-0.4, -0.2) is 46.3 Å². The van der Waals surface area contributed by atoms with Crippen LogP contribution < -0.4 is 10.6 Å². The van der Waals surface area contributed by atoms with E-state index in [-0.39, 0.29) is 24.9 Å². The fourth-order valence-corrected chi connectivity index (χ4v) is 2.19. The van der Waals surface area contributed by atoms with Crippen LogP contribution in [0.1, 0.15) is 33.3 Å². The van der Waals surface area contributed by atoms with Crippen LogP contribution in [0.2, 0.25) is 0 Å². The molecule has 0 fully saturated rings. The number of halogens is 1. The fourth-order valence-electron chi connectivity index (χ4n) is 2.13. The Bertz CT molecular complexity index is 694. The fraction of sp³-hybridized carbons (Fsp3) is 0.526. The maximum absolute atomic E-state index is 12.9. The number of benzene rings is 1. The molecule has 0 aromatic heterocycles. The molecule has 3 N–H and O–H groups in total. The lowest BCUT2D eigenvalue weighted by molar-refractivity contribution is -0.145. The van der Waals surface area contributed by atoms with E-state index in [1.807, 2.05) is 13.8 Å². The van der Waals surface area contributed by atoms with Crippen molar-refractivity contribution < 1.29 is 28.6 Å². The summed E-state index contributed by atoms with van der Waals surface area (Å²) in [5, 5.41) is 13.7. The van der Waals surface area contributed by atoms with Crippen molar-refractivity contribution in [3.63, 3.8) is 0 Å². The lowest BCUT2D eigenvalue weighted by Crippen LogP contribution is -2.59. The summed E-state index contributed by atoms with van der Waals surface area (Å²) in [4.78, 5) is 36.0. The van der Waals surface area contributed by atoms with Gasteiger partial charge in [-0.1, -0.05) is 26.0 Å². The molecule has 2 amide bonds. The number of carbonyl (C=O) groups excluding carboxylic acids is 2. The highest BCUT2D eigenvalue weighted by Gasteiger charge is 2.34. The minimum atomic E-state index is -1.34. The first-order chi connectivity index (χ1) is 12.9. The topological polar surface area (TPSA) is 105 Å². The number of rotatable bonds is 10. The normalized spacial score (nSPS) is 13.7. The van der Waals surface area contributed by atoms with E-state index in [2.05, 4.69) is 23.3 Å². The lowest BCUT2D eigenvalue weighted by atomic mass is 10.0. The van der Waals surface area contributed by atoms with Crippen molar-refractivity contribution in [1.82, 2.24) is 10.6 Å². The smallest absolute Gasteiger partial charge is 0.328 e. The Labute approximate surface area is 169 Å². The van der Waals surface area contributed by atoms with Crippen LogP contribution in [0.5, 0.6) is 0 Å². The second-order valence-corrected chi connectivity index (χ2v) is 7.87. The maximum Gasteiger partial charge on any atom is 0.328 e. The Hall–Kier alpha value is -2.13. The zero-order valence-electron chi connectivity index (χ0n) is 16.4. The van der Waals surface area contributed by atoms with Crippen LogP contribution in [0.25, 0.3) is 0 Å². The molecule has 0 saturated heterocycles. The molecule has 0 bridgehead atoms. The zero-order chi connectivity index (χ0) is 21.5. The van der Waals surface area contributed by atoms with Crippen molar-refractivity contribution >= 4 is 30.4 Å². The number of aliphatic carboxylic acids is 1. The Morgan fingerprint density at radius 1 is 1.21 bits per heavy atom. The number of hydrogen-bond donors (Lipinski definition) is 4. The molecule has 0 aliphatic rings. The molecule has 2 atom stereocenters. The van der Waals surface area contributed by atoms with Gasteiger partial charge in [-0.3, -0.25) is 9.59 Å². The summed E-state index contributed by atoms with van der Waals surface area (Å²) in [6.07, 6.45) is 0. The second kappa shape index (κ2) is 10.4. The number of ether oxygens (including phenoxy) is 1. The van der Waals surface area contributed by atoms with Gasteiger partial charge in [0.15, 0.2) is 6.04 Å². The average Bonchev–Trinajstić information content (AvgIpc) is 2.60. The molecule has 1 aromatic rings. The first-order valence-electron chi connectivity index (χ1n) is 8.80. The van der Waals surface area contributed by atoms with Gasteiger partial charge in [0.05, 0.1) is 18.5 Å². The Morgan fingerprint density at radius 3 is 2.29 bits per heavy atom. The van der Waals surface area contributed by atoms with Crippen LogP contribution in [0.4, 0.5) is 4.39 Å². The van der Waals surface area contributed by atoms with Crippen molar-refractivity contribution in [2.45, 2.75) is 51.1 Å². The third-order valence-corrected chi connectivity index (χ3v) is 4.80. The SMILES string of the molecule is CC(C)C(S)C(=O)NC(C)(C)C(=O)NC(COCc1ccc(F)cc1)C(=O)O. The van der Waals surface area contributed by atoms with E-state index in [0.29, 0.717) is 5.56 Å². The molecule has 0 aliphatic carbocycles. The third kappa shape index (κ3) is 7.47. The van der Waals surface area contributed by atoms with Crippen LogP contribution in [0.15, 0.2) is 24.3 Å². The number of amides is 2. The Balaban J connectivity index is 2.63. The second-order valence-electron chi connectivity index (χ2n) is 7.31. The molecule has 0 heterocycles. The summed E-state index contributed by atoms with van der Waals surface area (Å²) < 4.78 is 18.2. The van der Waals surface area contributed by atoms with Gasteiger partial charge in [0.25, 0.3) is 0 Å². The van der Waals surface area contributed by atoms with E-state index in [1.54, 1.807) is 0 Å². The molecular weight excluding hydrogens is 387 g/mol. The van der Waals surface area contributed by atoms with Crippen LogP contribution in [0.3, 0.4) is 0 Å². The zero-order valence-corrected chi connectivity index (χ0v) is 17.3. The molecule has 1 aromatic carbocycles. The van der Waals surface area contributed by atoms with Crippen molar-refractivity contribution in [2.24, 2.45) is 5.92 Å². The molecule has 0 radical (unpaired) electrons. The number of carbonyl (C=O) groups is 3. The first kappa shape index (κ1) is 23.9. The van der Waals surface area contributed by atoms with E-state index in [9.17, 15) is 23.9 Å². The molecular formula is C19H27FN2O5S. The highest BCUT2D eigenvalue weighted by Crippen LogP contribution is 2.12. The van der Waals surface area contributed by atoms with Gasteiger partial charge < -0.3 is 20.5 Å². The summed E-state index contributed by atoms with van der Waals surface area (Å²) in [6.45, 7) is 6.37. The molecule has 9 heteroatoms. The van der Waals surface area contributed by atoms with Gasteiger partial charge in [-0.25, -0.2) is 9.18 Å². The molecule has 156 valence electrons. The van der Waals surface area contributed by atoms with Crippen molar-refractivity contribution in [3.05, 3.63) is 35.6 Å². The highest BCUT2D eigenvalue weighted by molar-refractivity contribution is 7.81. The lowest BCUT2D eigenvalue weighted by Gasteiger charge is -2.29. The monoisotopic (exact) mass is 414 g/mol. The number of carboxylic acid groups (broad SMARTS) is 1. The van der Waals surface area contributed by atoms with E-state index in [4.69, 9.17) is 4.74 Å². The third-order valence-electron chi connectivity index (χ3n) is 3.97. The molecule has 28 heavy (non-hydrogen) atoms. The first-order valence-corrected chi connectivity index (χ1v) is 9.31. The summed E-state index contributed by atoms with van der Waals surface area (Å²) in [6, 6.07) is 4.27. The highest BCUT2D eigenvalue weighted by atomic mass is 32.1. The van der Waals surface area contributed by atoms with Gasteiger partial charge >= 0.3 is 5.97 Å². The summed E-state index contributed by atoms with van der Waals surface area (Å²) in [5.74, 6) is -2.77. The van der Waals surface area contributed by atoms with Crippen molar-refractivity contribution in [1.29, 1.82) is 0 Å². The van der Waals surface area contributed by atoms with Gasteiger partial charge in [0.1, 0.15) is 11.4 Å². The summed E-state index contributed by atoms with van der Waals surface area (Å²) in [5.41, 5.74) is -0.671. The molecule has 0 saturated carbocycles. The predicted octanol–water partition coefficient (Wildman–Crippen LogP) is 1.76. The van der Waals surface area contributed by atoms with E-state index in [0.717, 1.165) is 0 Å². The summed E-state index contributed by atoms with van der Waals surface area (Å²) >= 11 is 4.21. The van der Waals surface area contributed by atoms with Gasteiger partial charge in [0.2, 0.25) is 11.8 Å². The minimum absolute atomic E-state index is 0.0335. The number of thiol groups is 1. The van der Waals surface area contributed by atoms with Gasteiger partial charge in [-0.05, 0) is 37.5 Å².